The number of rotatable bonds is 6. The fourth-order valence-corrected chi connectivity index (χ4v) is 7.60. The number of benzene rings is 5. The molecule has 0 saturated heterocycles. The van der Waals surface area contributed by atoms with E-state index in [0.29, 0.717) is 30.3 Å². The summed E-state index contributed by atoms with van der Waals surface area (Å²) in [4.78, 5) is 68.1. The highest BCUT2D eigenvalue weighted by Gasteiger charge is 2.46. The van der Waals surface area contributed by atoms with Crippen LogP contribution < -0.4 is 10.9 Å². The zero-order chi connectivity index (χ0) is 49.0. The fraction of sp³-hybridized carbons (Fsp3) is 0.146. The Labute approximate surface area is 365 Å². The van der Waals surface area contributed by atoms with Gasteiger partial charge in [-0.2, -0.15) is 0 Å². The molecule has 26 nitrogen and oxygen atoms in total. The number of fused-ring (bicyclic) bond motifs is 3. The van der Waals surface area contributed by atoms with Crippen LogP contribution in [0.2, 0.25) is 0 Å². The van der Waals surface area contributed by atoms with Gasteiger partial charge in [0.1, 0.15) is 35.9 Å². The molecule has 2 aromatic heterocycles. The lowest BCUT2D eigenvalue weighted by atomic mass is 9.90. The van der Waals surface area contributed by atoms with Crippen LogP contribution in [0.25, 0.3) is 43.8 Å². The van der Waals surface area contributed by atoms with Crippen molar-refractivity contribution in [3.8, 4) is 86.3 Å². The minimum Gasteiger partial charge on any atom is -0.504 e. The first-order valence-corrected chi connectivity index (χ1v) is 18.6. The van der Waals surface area contributed by atoms with Gasteiger partial charge < -0.3 is 105 Å². The van der Waals surface area contributed by atoms with E-state index in [1.54, 1.807) is 0 Å². The summed E-state index contributed by atoms with van der Waals surface area (Å²) >= 11 is 0. The van der Waals surface area contributed by atoms with E-state index in [1.807, 2.05) is 0 Å². The Hall–Kier alpha value is -9.27. The Morgan fingerprint density at radius 2 is 1.10 bits per heavy atom. The normalized spacial score (nSPS) is 16.7. The van der Waals surface area contributed by atoms with Gasteiger partial charge in [0.05, 0.1) is 22.1 Å². The monoisotopic (exact) mass is 936 g/mol. The Morgan fingerprint density at radius 3 is 1.69 bits per heavy atom. The van der Waals surface area contributed by atoms with Crippen LogP contribution in [0.3, 0.4) is 0 Å². The van der Waals surface area contributed by atoms with Gasteiger partial charge in [-0.1, -0.05) is 0 Å². The molecule has 3 heterocycles. The van der Waals surface area contributed by atoms with Gasteiger partial charge in [0, 0.05) is 33.5 Å². The van der Waals surface area contributed by atoms with E-state index >= 15 is 0 Å². The maximum Gasteiger partial charge on any atom is 0.339 e. The molecular formula is C41H28O26. The number of hydrogen-bond donors (Lipinski definition) is 16. The molecule has 0 aliphatic carbocycles. The number of hydrogen-bond acceptors (Lipinski definition) is 26. The molecule has 0 bridgehead atoms. The predicted molar refractivity (Wildman–Crippen MR) is 213 cm³/mol. The second kappa shape index (κ2) is 15.5. The number of carbonyl (C=O) groups excluding carboxylic acids is 3. The molecule has 5 aromatic carbocycles. The number of ether oxygens (including phenoxy) is 3. The molecule has 0 amide bonds. The third kappa shape index (κ3) is 6.66. The zero-order valence-electron chi connectivity index (χ0n) is 32.7. The minimum absolute atomic E-state index is 0.335. The van der Waals surface area contributed by atoms with Gasteiger partial charge in [0.2, 0.25) is 16.9 Å². The molecule has 5 atom stereocenters. The molecule has 1 aliphatic heterocycles. The zero-order valence-corrected chi connectivity index (χ0v) is 32.7. The molecule has 0 spiro atoms. The summed E-state index contributed by atoms with van der Waals surface area (Å²) in [6.45, 7) is -1.47. The number of cyclic esters (lactones) is 2. The molecule has 0 fully saturated rings. The van der Waals surface area contributed by atoms with Crippen molar-refractivity contribution in [1.82, 2.24) is 0 Å². The van der Waals surface area contributed by atoms with Crippen molar-refractivity contribution in [1.29, 1.82) is 0 Å². The molecule has 16 N–H and O–H groups in total. The summed E-state index contributed by atoms with van der Waals surface area (Å²) in [6, 6.07) is 2.45. The van der Waals surface area contributed by atoms with Crippen molar-refractivity contribution in [3.05, 3.63) is 73.0 Å². The van der Waals surface area contributed by atoms with Gasteiger partial charge in [-0.25, -0.2) is 14.4 Å². The van der Waals surface area contributed by atoms with Crippen molar-refractivity contribution in [2.75, 3.05) is 6.61 Å². The highest BCUT2D eigenvalue weighted by molar-refractivity contribution is 6.23. The maximum atomic E-state index is 14.3. The van der Waals surface area contributed by atoms with E-state index in [-0.39, 0.29) is 0 Å². The largest absolute Gasteiger partial charge is 0.504 e. The number of esters is 3. The lowest BCUT2D eigenvalue weighted by molar-refractivity contribution is -0.146. The summed E-state index contributed by atoms with van der Waals surface area (Å²) in [5.41, 5.74) is -11.1. The Kier molecular flexibility index (Phi) is 10.2. The topological polar surface area (TPSA) is 463 Å². The Balaban J connectivity index is 1.32. The van der Waals surface area contributed by atoms with Gasteiger partial charge in [-0.3, -0.25) is 9.59 Å². The quantitative estimate of drug-likeness (QED) is 0.0472. The van der Waals surface area contributed by atoms with E-state index < -0.39 is 207 Å². The Morgan fingerprint density at radius 1 is 0.567 bits per heavy atom. The average molecular weight is 937 g/mol. The SMILES string of the molecule is O=C(O[C@H]1COC(=O)c2cc(O)c(O)c(O)c2-c2c(cc(O)c(O)c2O)C(=O)O[C@@H]1[C@@H](O)[C@@H](O)[C@H](O)c1c(O)c(=O)c2oc(O)c3c(=O)c(O)cc4oc(O)c1c2c43)c1cc(O)c(O)c(O)c1. The van der Waals surface area contributed by atoms with Crippen molar-refractivity contribution in [2.24, 2.45) is 0 Å². The van der Waals surface area contributed by atoms with Crippen molar-refractivity contribution in [2.45, 2.75) is 30.5 Å². The van der Waals surface area contributed by atoms with Crippen LogP contribution >= 0.6 is 0 Å². The summed E-state index contributed by atoms with van der Waals surface area (Å²) in [5.74, 6) is -22.4. The van der Waals surface area contributed by atoms with Crippen LogP contribution in [0.4, 0.5) is 0 Å². The van der Waals surface area contributed by atoms with Gasteiger partial charge in [-0.15, -0.1) is 0 Å². The lowest BCUT2D eigenvalue weighted by Gasteiger charge is -2.34. The minimum atomic E-state index is -3.01. The Bertz CT molecular complexity index is 3400. The van der Waals surface area contributed by atoms with Crippen LogP contribution in [-0.4, -0.2) is 131 Å². The van der Waals surface area contributed by atoms with Gasteiger partial charge in [0.15, 0.2) is 69.5 Å². The number of aromatic hydroxyl groups is 13. The molecule has 348 valence electrons. The summed E-state index contributed by atoms with van der Waals surface area (Å²) in [7, 11) is 0. The molecule has 0 radical (unpaired) electrons. The van der Waals surface area contributed by atoms with Crippen LogP contribution in [0.15, 0.2) is 48.8 Å². The lowest BCUT2D eigenvalue weighted by Crippen LogP contribution is -2.52. The fourth-order valence-electron chi connectivity index (χ4n) is 7.60. The molecular weight excluding hydrogens is 908 g/mol. The molecule has 0 unspecified atom stereocenters. The van der Waals surface area contributed by atoms with Crippen molar-refractivity contribution in [3.63, 3.8) is 0 Å². The van der Waals surface area contributed by atoms with Crippen LogP contribution in [0, 0.1) is 0 Å². The number of aliphatic hydroxyl groups excluding tert-OH is 3. The molecule has 67 heavy (non-hydrogen) atoms. The number of aliphatic hydroxyl groups is 3. The highest BCUT2D eigenvalue weighted by atomic mass is 16.6. The first-order valence-electron chi connectivity index (χ1n) is 18.6. The molecule has 8 rings (SSSR count). The molecule has 0 saturated carbocycles. The first-order chi connectivity index (χ1) is 31.5. The third-order valence-corrected chi connectivity index (χ3v) is 10.8. The van der Waals surface area contributed by atoms with Crippen LogP contribution in [0.1, 0.15) is 42.7 Å². The number of phenols is 11. The second-order valence-electron chi connectivity index (χ2n) is 14.7. The smallest absolute Gasteiger partial charge is 0.339 e. The van der Waals surface area contributed by atoms with E-state index in [0.717, 1.165) is 0 Å². The van der Waals surface area contributed by atoms with Crippen molar-refractivity contribution < 1.29 is 119 Å². The summed E-state index contributed by atoms with van der Waals surface area (Å²) in [6.07, 6.45) is -14.3. The second-order valence-corrected chi connectivity index (χ2v) is 14.7. The van der Waals surface area contributed by atoms with Crippen LogP contribution in [-0.2, 0) is 14.2 Å². The number of phenolic OH excluding ortho intramolecular Hbond substituents is 11. The summed E-state index contributed by atoms with van der Waals surface area (Å²) in [5, 5.41) is 169. The number of carbonyl (C=O) groups is 3. The molecule has 7 aromatic rings. The molecule has 1 aliphatic rings. The first kappa shape index (κ1) is 44.3. The standard InChI is InChI=1S/C41H28O26/c42-10-1-7(2-11(43)24(10)47)37(58)65-16-6-63-38(59)8-3-12(44)26(49)28(51)17(8)18-9(4-13(45)27(50)29(18)52)39(60)66-35(16)34(57)32(55)30(53)22-21-20-19-15(64-40(21)61)5-14(46)25(48)23(19)41(62)67-36(20)33(56)31(22)54/h1-5,16,30,32,34-35,42-47,49-55,57,61-62H,6H2/t16-,30+,32-,34-,35-/m0/s1. The predicted octanol–water partition coefficient (Wildman–Crippen LogP) is 0.707. The van der Waals surface area contributed by atoms with E-state index in [1.165, 1.54) is 0 Å². The van der Waals surface area contributed by atoms with Gasteiger partial charge in [-0.05, 0) is 24.3 Å². The van der Waals surface area contributed by atoms with Crippen LogP contribution in [0.5, 0.6) is 75.1 Å². The third-order valence-electron chi connectivity index (χ3n) is 10.8. The van der Waals surface area contributed by atoms with Crippen molar-refractivity contribution >= 4 is 50.6 Å². The molecule has 26 heteroatoms. The van der Waals surface area contributed by atoms with Gasteiger partial charge >= 0.3 is 17.9 Å². The van der Waals surface area contributed by atoms with Gasteiger partial charge in [0.25, 0.3) is 17.3 Å². The average Bonchev–Trinajstić information content (AvgIpc) is 3.29. The maximum absolute atomic E-state index is 14.3. The highest BCUT2D eigenvalue weighted by Crippen LogP contribution is 2.53. The van der Waals surface area contributed by atoms with E-state index in [4.69, 9.17) is 23.0 Å². The van der Waals surface area contributed by atoms with E-state index in [2.05, 4.69) is 0 Å². The van der Waals surface area contributed by atoms with E-state index in [9.17, 15) is 106 Å². The summed E-state index contributed by atoms with van der Waals surface area (Å²) < 4.78 is 26.3.